The first kappa shape index (κ1) is 18.0. The van der Waals surface area contributed by atoms with Gasteiger partial charge in [0.05, 0.1) is 6.07 Å². The minimum absolute atomic E-state index is 0.0433. The van der Waals surface area contributed by atoms with Crippen LogP contribution in [0.2, 0.25) is 0 Å². The van der Waals surface area contributed by atoms with E-state index in [0.717, 1.165) is 29.9 Å². The molecule has 4 saturated carbocycles. The fraction of sp³-hybridized carbons (Fsp3) is 0.684. The number of carbonyl (C=O) groups excluding carboxylic acids is 2. The van der Waals surface area contributed by atoms with Crippen molar-refractivity contribution in [2.45, 2.75) is 51.5 Å². The van der Waals surface area contributed by atoms with Gasteiger partial charge in [-0.3, -0.25) is 14.9 Å². The second-order valence-electron chi connectivity index (χ2n) is 8.54. The summed E-state index contributed by atoms with van der Waals surface area (Å²) in [6, 6.07) is 2.28. The Labute approximate surface area is 156 Å². The number of hydrogen-bond acceptors (Lipinski definition) is 6. The van der Waals surface area contributed by atoms with Gasteiger partial charge < -0.3 is 14.5 Å². The Morgan fingerprint density at radius 1 is 1.26 bits per heavy atom. The number of carbonyl (C=O) groups is 2. The van der Waals surface area contributed by atoms with Crippen molar-refractivity contribution in [3.63, 3.8) is 0 Å². The smallest absolute Gasteiger partial charge is 0.433 e. The summed E-state index contributed by atoms with van der Waals surface area (Å²) >= 11 is 0. The van der Waals surface area contributed by atoms with Crippen LogP contribution in [0.1, 0.15) is 56.0 Å². The molecule has 1 aromatic rings. The lowest BCUT2D eigenvalue weighted by Crippen LogP contribution is -2.56. The van der Waals surface area contributed by atoms with Crippen LogP contribution >= 0.6 is 0 Å². The number of esters is 1. The zero-order valence-electron chi connectivity index (χ0n) is 15.3. The van der Waals surface area contributed by atoms with Crippen molar-refractivity contribution < 1.29 is 23.7 Å². The molecule has 1 unspecified atom stereocenters. The van der Waals surface area contributed by atoms with E-state index in [1.807, 2.05) is 0 Å². The number of nitro groups is 1. The Kier molecular flexibility index (Phi) is 4.44. The summed E-state index contributed by atoms with van der Waals surface area (Å²) in [4.78, 5) is 34.0. The van der Waals surface area contributed by atoms with Gasteiger partial charge in [0.25, 0.3) is 5.91 Å². The van der Waals surface area contributed by atoms with Crippen LogP contribution in [0.25, 0.3) is 0 Å². The number of rotatable bonds is 6. The molecule has 0 spiro atoms. The zero-order chi connectivity index (χ0) is 19.2. The molecule has 0 aromatic carbocycles. The molecule has 1 amide bonds. The lowest BCUT2D eigenvalue weighted by atomic mass is 9.48. The molecule has 4 aliphatic carbocycles. The number of amides is 1. The SMILES string of the molecule is CC(NC(=O)COC(=O)c1ccc([N+](=O)[O-])o1)C12CC3CC(CC(C3)C1)C2. The minimum Gasteiger partial charge on any atom is -0.450 e. The van der Waals surface area contributed by atoms with E-state index in [2.05, 4.69) is 12.2 Å². The predicted molar refractivity (Wildman–Crippen MR) is 93.9 cm³/mol. The van der Waals surface area contributed by atoms with Gasteiger partial charge in [0.15, 0.2) is 6.61 Å². The summed E-state index contributed by atoms with van der Waals surface area (Å²) < 4.78 is 9.71. The normalized spacial score (nSPS) is 32.1. The average molecular weight is 376 g/mol. The van der Waals surface area contributed by atoms with E-state index in [0.29, 0.717) is 0 Å². The first-order valence-corrected chi connectivity index (χ1v) is 9.55. The maximum Gasteiger partial charge on any atom is 0.433 e. The van der Waals surface area contributed by atoms with Gasteiger partial charge in [0.2, 0.25) is 5.76 Å². The molecular formula is C19H24N2O6. The van der Waals surface area contributed by atoms with Gasteiger partial charge in [-0.25, -0.2) is 4.79 Å². The molecule has 4 bridgehead atoms. The Bertz CT molecular complexity index is 735. The zero-order valence-corrected chi connectivity index (χ0v) is 15.3. The molecule has 146 valence electrons. The monoisotopic (exact) mass is 376 g/mol. The predicted octanol–water partition coefficient (Wildman–Crippen LogP) is 3.07. The van der Waals surface area contributed by atoms with Gasteiger partial charge in [-0.15, -0.1) is 0 Å². The summed E-state index contributed by atoms with van der Waals surface area (Å²) in [6.07, 6.45) is 7.55. The van der Waals surface area contributed by atoms with Crippen LogP contribution in [-0.4, -0.2) is 29.4 Å². The van der Waals surface area contributed by atoms with Crippen molar-refractivity contribution in [3.8, 4) is 0 Å². The van der Waals surface area contributed by atoms with Crippen molar-refractivity contribution in [2.75, 3.05) is 6.61 Å². The molecule has 0 saturated heterocycles. The molecule has 1 aromatic heterocycles. The van der Waals surface area contributed by atoms with Crippen molar-refractivity contribution in [1.29, 1.82) is 0 Å². The summed E-state index contributed by atoms with van der Waals surface area (Å²) in [5.41, 5.74) is 0.177. The van der Waals surface area contributed by atoms with Crippen molar-refractivity contribution in [2.24, 2.45) is 23.2 Å². The molecular weight excluding hydrogens is 352 g/mol. The number of ether oxygens (including phenoxy) is 1. The van der Waals surface area contributed by atoms with Crippen LogP contribution in [0.3, 0.4) is 0 Å². The Hall–Kier alpha value is -2.38. The number of nitrogens with zero attached hydrogens (tertiary/aromatic N) is 1. The largest absolute Gasteiger partial charge is 0.450 e. The molecule has 5 rings (SSSR count). The molecule has 8 nitrogen and oxygen atoms in total. The van der Waals surface area contributed by atoms with Gasteiger partial charge in [-0.1, -0.05) is 0 Å². The first-order chi connectivity index (χ1) is 12.8. The Morgan fingerprint density at radius 2 is 1.85 bits per heavy atom. The van der Waals surface area contributed by atoms with E-state index in [9.17, 15) is 19.7 Å². The molecule has 8 heteroatoms. The fourth-order valence-electron chi connectivity index (χ4n) is 5.88. The quantitative estimate of drug-likeness (QED) is 0.464. The highest BCUT2D eigenvalue weighted by molar-refractivity contribution is 5.89. The maximum atomic E-state index is 12.3. The summed E-state index contributed by atoms with van der Waals surface area (Å²) in [5, 5.41) is 13.6. The van der Waals surface area contributed by atoms with Gasteiger partial charge in [-0.2, -0.15) is 0 Å². The third kappa shape index (κ3) is 3.44. The highest BCUT2D eigenvalue weighted by atomic mass is 16.7. The second-order valence-corrected chi connectivity index (χ2v) is 8.54. The van der Waals surface area contributed by atoms with Gasteiger partial charge in [0, 0.05) is 6.04 Å². The van der Waals surface area contributed by atoms with Gasteiger partial charge in [0.1, 0.15) is 4.92 Å². The van der Waals surface area contributed by atoms with E-state index in [4.69, 9.17) is 9.15 Å². The van der Waals surface area contributed by atoms with E-state index >= 15 is 0 Å². The van der Waals surface area contributed by atoms with Crippen LogP contribution in [0.15, 0.2) is 16.5 Å². The van der Waals surface area contributed by atoms with E-state index in [-0.39, 0.29) is 23.1 Å². The van der Waals surface area contributed by atoms with E-state index in [1.165, 1.54) is 38.5 Å². The topological polar surface area (TPSA) is 112 Å². The number of nitrogens with one attached hydrogen (secondary N) is 1. The Balaban J connectivity index is 1.30. The molecule has 1 heterocycles. The summed E-state index contributed by atoms with van der Waals surface area (Å²) in [7, 11) is 0. The van der Waals surface area contributed by atoms with Gasteiger partial charge in [-0.05, 0) is 74.7 Å². The van der Waals surface area contributed by atoms with Crippen LogP contribution in [0.4, 0.5) is 5.88 Å². The lowest BCUT2D eigenvalue weighted by Gasteiger charge is -2.59. The second kappa shape index (κ2) is 6.65. The van der Waals surface area contributed by atoms with Crippen molar-refractivity contribution >= 4 is 17.8 Å². The fourth-order valence-corrected chi connectivity index (χ4v) is 5.88. The third-order valence-electron chi connectivity index (χ3n) is 6.69. The lowest BCUT2D eigenvalue weighted by molar-refractivity contribution is -0.402. The van der Waals surface area contributed by atoms with Crippen molar-refractivity contribution in [3.05, 3.63) is 28.0 Å². The average Bonchev–Trinajstić information content (AvgIpc) is 3.09. The number of hydrogen-bond donors (Lipinski definition) is 1. The number of furan rings is 1. The van der Waals surface area contributed by atoms with Crippen molar-refractivity contribution in [1.82, 2.24) is 5.32 Å². The summed E-state index contributed by atoms with van der Waals surface area (Å²) in [6.45, 7) is 1.63. The van der Waals surface area contributed by atoms with Crippen LogP contribution in [0.5, 0.6) is 0 Å². The van der Waals surface area contributed by atoms with E-state index < -0.39 is 23.4 Å². The Morgan fingerprint density at radius 3 is 2.37 bits per heavy atom. The molecule has 1 atom stereocenters. The van der Waals surface area contributed by atoms with E-state index in [1.54, 1.807) is 0 Å². The molecule has 1 N–H and O–H groups in total. The minimum atomic E-state index is -0.888. The van der Waals surface area contributed by atoms with Crippen LogP contribution < -0.4 is 5.32 Å². The van der Waals surface area contributed by atoms with Gasteiger partial charge >= 0.3 is 11.9 Å². The highest BCUT2D eigenvalue weighted by Gasteiger charge is 2.53. The molecule has 4 aliphatic rings. The first-order valence-electron chi connectivity index (χ1n) is 9.55. The molecule has 0 aliphatic heterocycles. The van der Waals surface area contributed by atoms with Crippen LogP contribution in [-0.2, 0) is 9.53 Å². The standard InChI is InChI=1S/C19H24N2O6/c1-11(19-7-12-4-13(8-19)6-14(5-12)9-19)20-16(22)10-26-18(23)15-2-3-17(27-15)21(24)25/h2-3,11-14H,4-10H2,1H3,(H,20,22). The highest BCUT2D eigenvalue weighted by Crippen LogP contribution is 2.61. The molecule has 27 heavy (non-hydrogen) atoms. The third-order valence-corrected chi connectivity index (χ3v) is 6.69. The molecule has 0 radical (unpaired) electrons. The molecule has 4 fully saturated rings. The maximum absolute atomic E-state index is 12.3. The van der Waals surface area contributed by atoms with Crippen LogP contribution in [0, 0.1) is 33.3 Å². The summed E-state index contributed by atoms with van der Waals surface area (Å²) in [5.74, 6) is 0.313.